The molecule has 0 fully saturated rings. The quantitative estimate of drug-likeness (QED) is 0.577. The summed E-state index contributed by atoms with van der Waals surface area (Å²) in [5, 5.41) is 15.4. The Morgan fingerprint density at radius 1 is 1.29 bits per heavy atom. The Hall–Kier alpha value is -3.10. The first-order valence-electron chi connectivity index (χ1n) is 9.60. The van der Waals surface area contributed by atoms with Gasteiger partial charge in [0.1, 0.15) is 17.3 Å². The van der Waals surface area contributed by atoms with Crippen molar-refractivity contribution in [3.05, 3.63) is 71.1 Å². The lowest BCUT2D eigenvalue weighted by Gasteiger charge is -2.28. The second-order valence-corrected chi connectivity index (χ2v) is 7.36. The Bertz CT molecular complexity index is 984. The van der Waals surface area contributed by atoms with Gasteiger partial charge in [-0.05, 0) is 18.2 Å². The van der Waals surface area contributed by atoms with Gasteiger partial charge >= 0.3 is 0 Å². The summed E-state index contributed by atoms with van der Waals surface area (Å²) < 4.78 is 24.2. The zero-order valence-electron chi connectivity index (χ0n) is 16.6. The van der Waals surface area contributed by atoms with E-state index in [1.807, 2.05) is 0 Å². The van der Waals surface area contributed by atoms with E-state index in [-0.39, 0.29) is 30.3 Å². The van der Waals surface area contributed by atoms with Crippen molar-refractivity contribution in [3.63, 3.8) is 0 Å². The van der Waals surface area contributed by atoms with E-state index in [9.17, 15) is 19.1 Å². The molecule has 1 aliphatic rings. The highest BCUT2D eigenvalue weighted by Gasteiger charge is 2.31. The van der Waals surface area contributed by atoms with Gasteiger partial charge in [-0.1, -0.05) is 36.4 Å². The molecule has 0 spiro atoms. The maximum atomic E-state index is 13.3. The molecule has 0 radical (unpaired) electrons. The lowest BCUT2D eigenvalue weighted by molar-refractivity contribution is -0.129. The van der Waals surface area contributed by atoms with Crippen molar-refractivity contribution >= 4 is 23.4 Å². The van der Waals surface area contributed by atoms with Crippen LogP contribution in [0.25, 0.3) is 0 Å². The highest BCUT2D eigenvalue weighted by Crippen LogP contribution is 2.34. The first kappa shape index (κ1) is 22.6. The van der Waals surface area contributed by atoms with Crippen molar-refractivity contribution in [2.45, 2.75) is 25.0 Å². The number of amides is 2. The Balaban J connectivity index is 1.37. The second-order valence-electron chi connectivity index (χ2n) is 6.95. The van der Waals surface area contributed by atoms with Gasteiger partial charge in [0, 0.05) is 36.7 Å². The van der Waals surface area contributed by atoms with Gasteiger partial charge in [-0.2, -0.15) is 0 Å². The molecule has 0 unspecified atom stereocenters. The van der Waals surface area contributed by atoms with Crippen LogP contribution in [-0.4, -0.2) is 36.2 Å². The predicted octanol–water partition coefficient (Wildman–Crippen LogP) is 2.88. The van der Waals surface area contributed by atoms with Gasteiger partial charge in [-0.3, -0.25) is 9.59 Å². The number of nitrogens with one attached hydrogen (secondary N) is 2. The minimum Gasteiger partial charge on any atom is -0.484 e. The van der Waals surface area contributed by atoms with Gasteiger partial charge in [0.2, 0.25) is 0 Å². The first-order chi connectivity index (χ1) is 14.8. The molecule has 9 heteroatoms. The van der Waals surface area contributed by atoms with Crippen molar-refractivity contribution < 1.29 is 28.6 Å². The number of hydrogen-bond acceptors (Lipinski definition) is 5. The van der Waals surface area contributed by atoms with Crippen molar-refractivity contribution in [2.24, 2.45) is 0 Å². The zero-order chi connectivity index (χ0) is 22.4. The number of halogens is 2. The third-order valence-electron chi connectivity index (χ3n) is 4.59. The summed E-state index contributed by atoms with van der Waals surface area (Å²) >= 11 is 5.59. The van der Waals surface area contributed by atoms with E-state index < -0.39 is 29.8 Å². The van der Waals surface area contributed by atoms with Crippen LogP contribution in [0.1, 0.15) is 24.5 Å². The number of rotatable bonds is 8. The SMILES string of the molecule is C=C(CCNC(=O)COc1ccc(Cl)c(F)c1)NC(=O)[C@@H]1C[C@H](O)c2ccccc2O1. The number of para-hydroxylation sites is 1. The molecule has 1 heterocycles. The number of carbonyl (C=O) groups is 2. The Morgan fingerprint density at radius 2 is 2.06 bits per heavy atom. The predicted molar refractivity (Wildman–Crippen MR) is 112 cm³/mol. The maximum absolute atomic E-state index is 13.3. The molecule has 1 aliphatic heterocycles. The number of benzene rings is 2. The van der Waals surface area contributed by atoms with Gasteiger partial charge in [0.15, 0.2) is 12.7 Å². The van der Waals surface area contributed by atoms with E-state index in [4.69, 9.17) is 21.1 Å². The zero-order valence-corrected chi connectivity index (χ0v) is 17.3. The molecule has 3 N–H and O–H groups in total. The lowest BCUT2D eigenvalue weighted by atomic mass is 9.98. The fraction of sp³-hybridized carbons (Fsp3) is 0.273. The molecule has 2 atom stereocenters. The first-order valence-corrected chi connectivity index (χ1v) is 9.98. The Morgan fingerprint density at radius 3 is 2.84 bits per heavy atom. The van der Waals surface area contributed by atoms with Crippen LogP contribution >= 0.6 is 11.6 Å². The minimum absolute atomic E-state index is 0.0327. The normalized spacial score (nSPS) is 17.1. The van der Waals surface area contributed by atoms with Crippen LogP contribution in [0.2, 0.25) is 5.02 Å². The lowest BCUT2D eigenvalue weighted by Crippen LogP contribution is -2.41. The summed E-state index contributed by atoms with van der Waals surface area (Å²) in [6, 6.07) is 10.9. The molecule has 7 nitrogen and oxygen atoms in total. The number of aliphatic hydroxyl groups excluding tert-OH is 1. The molecule has 2 aromatic rings. The summed E-state index contributed by atoms with van der Waals surface area (Å²) in [5.74, 6) is -0.808. The van der Waals surface area contributed by atoms with Gasteiger partial charge in [-0.25, -0.2) is 4.39 Å². The van der Waals surface area contributed by atoms with E-state index in [2.05, 4.69) is 17.2 Å². The molecular formula is C22H22ClFN2O5. The summed E-state index contributed by atoms with van der Waals surface area (Å²) in [6.07, 6.45) is -1.21. The molecule has 2 amide bonds. The average molecular weight is 449 g/mol. The smallest absolute Gasteiger partial charge is 0.265 e. The highest BCUT2D eigenvalue weighted by atomic mass is 35.5. The van der Waals surface area contributed by atoms with E-state index in [0.717, 1.165) is 6.07 Å². The monoisotopic (exact) mass is 448 g/mol. The van der Waals surface area contributed by atoms with Crippen LogP contribution in [-0.2, 0) is 9.59 Å². The third kappa shape index (κ3) is 6.19. The molecule has 0 aliphatic carbocycles. The van der Waals surface area contributed by atoms with E-state index in [1.54, 1.807) is 24.3 Å². The number of hydrogen-bond donors (Lipinski definition) is 3. The van der Waals surface area contributed by atoms with Crippen LogP contribution in [0, 0.1) is 5.82 Å². The Kier molecular flexibility index (Phi) is 7.49. The van der Waals surface area contributed by atoms with Crippen LogP contribution < -0.4 is 20.1 Å². The molecule has 0 bridgehead atoms. The highest BCUT2D eigenvalue weighted by molar-refractivity contribution is 6.30. The van der Waals surface area contributed by atoms with Crippen molar-refractivity contribution in [3.8, 4) is 11.5 Å². The second kappa shape index (κ2) is 10.3. The van der Waals surface area contributed by atoms with Crippen LogP contribution in [0.5, 0.6) is 11.5 Å². The molecule has 164 valence electrons. The largest absolute Gasteiger partial charge is 0.484 e. The molecular weight excluding hydrogens is 427 g/mol. The van der Waals surface area contributed by atoms with E-state index >= 15 is 0 Å². The van der Waals surface area contributed by atoms with Crippen LogP contribution in [0.15, 0.2) is 54.7 Å². The molecule has 0 saturated heterocycles. The summed E-state index contributed by atoms with van der Waals surface area (Å²) in [6.45, 7) is 3.69. The third-order valence-corrected chi connectivity index (χ3v) is 4.89. The molecule has 3 rings (SSSR count). The van der Waals surface area contributed by atoms with Crippen molar-refractivity contribution in [2.75, 3.05) is 13.2 Å². The fourth-order valence-corrected chi connectivity index (χ4v) is 3.11. The van der Waals surface area contributed by atoms with Crippen LogP contribution in [0.3, 0.4) is 0 Å². The minimum atomic E-state index is -0.843. The number of carbonyl (C=O) groups excluding carboxylic acids is 2. The number of ether oxygens (including phenoxy) is 2. The van der Waals surface area contributed by atoms with Crippen LogP contribution in [0.4, 0.5) is 4.39 Å². The molecule has 31 heavy (non-hydrogen) atoms. The summed E-state index contributed by atoms with van der Waals surface area (Å²) in [7, 11) is 0. The van der Waals surface area contributed by atoms with Gasteiger partial charge in [-0.15, -0.1) is 0 Å². The fourth-order valence-electron chi connectivity index (χ4n) is 2.99. The van der Waals surface area contributed by atoms with Gasteiger partial charge < -0.3 is 25.2 Å². The molecule has 0 saturated carbocycles. The summed E-state index contributed by atoms with van der Waals surface area (Å²) in [4.78, 5) is 24.3. The maximum Gasteiger partial charge on any atom is 0.265 e. The topological polar surface area (TPSA) is 96.9 Å². The van der Waals surface area contributed by atoms with Crippen molar-refractivity contribution in [1.82, 2.24) is 10.6 Å². The number of aliphatic hydroxyl groups is 1. The van der Waals surface area contributed by atoms with Gasteiger partial charge in [0.25, 0.3) is 11.8 Å². The Labute approximate surface area is 183 Å². The molecule has 2 aromatic carbocycles. The molecule has 0 aromatic heterocycles. The number of fused-ring (bicyclic) bond motifs is 1. The standard InChI is InChI=1S/C22H22ClFN2O5/c1-13(8-9-25-21(28)12-30-14-6-7-16(23)17(24)10-14)26-22(29)20-11-18(27)15-4-2-3-5-19(15)31-20/h2-7,10,18,20,27H,1,8-9,11-12H2,(H,25,28)(H,26,29)/t18-,20-/m0/s1. The van der Waals surface area contributed by atoms with Gasteiger partial charge in [0.05, 0.1) is 11.1 Å². The summed E-state index contributed by atoms with van der Waals surface area (Å²) in [5.41, 5.74) is 1.04. The average Bonchev–Trinajstić information content (AvgIpc) is 2.74. The van der Waals surface area contributed by atoms with E-state index in [0.29, 0.717) is 23.4 Å². The van der Waals surface area contributed by atoms with E-state index in [1.165, 1.54) is 12.1 Å². The van der Waals surface area contributed by atoms with Crippen molar-refractivity contribution in [1.29, 1.82) is 0 Å².